The van der Waals surface area contributed by atoms with Crippen LogP contribution in [0.4, 0.5) is 42.0 Å². The monoisotopic (exact) mass is 435 g/mol. The van der Waals surface area contributed by atoms with Gasteiger partial charge in [0.25, 0.3) is 0 Å². The Balaban J connectivity index is 1.90. The third-order valence-electron chi connectivity index (χ3n) is 4.07. The first-order valence-electron chi connectivity index (χ1n) is 8.63. The van der Waals surface area contributed by atoms with E-state index in [1.165, 1.54) is 24.3 Å². The maximum absolute atomic E-state index is 13.4. The number of benzene rings is 2. The van der Waals surface area contributed by atoms with Crippen LogP contribution in [-0.2, 0) is 10.7 Å². The second kappa shape index (κ2) is 8.23. The molecule has 0 unspecified atom stereocenters. The van der Waals surface area contributed by atoms with E-state index < -0.39 is 24.7 Å². The minimum Gasteiger partial charge on any atom is -0.340 e. The van der Waals surface area contributed by atoms with Crippen LogP contribution in [0, 0.1) is 4.91 Å². The van der Waals surface area contributed by atoms with Gasteiger partial charge in [-0.25, -0.2) is 4.98 Å². The van der Waals surface area contributed by atoms with Crippen LogP contribution in [0.5, 0.6) is 0 Å². The highest BCUT2D eigenvalue weighted by Crippen LogP contribution is 2.36. The quantitative estimate of drug-likeness (QED) is 0.385. The number of alkyl halides is 3. The molecule has 11 heteroatoms. The molecule has 3 rings (SSSR count). The third-order valence-corrected chi connectivity index (χ3v) is 5.62. The predicted molar refractivity (Wildman–Crippen MR) is 111 cm³/mol. The summed E-state index contributed by atoms with van der Waals surface area (Å²) in [6.07, 6.45) is -3.99. The Hall–Kier alpha value is -3.26. The largest absolute Gasteiger partial charge is 0.421 e. The van der Waals surface area contributed by atoms with E-state index in [9.17, 15) is 22.6 Å². The molecule has 156 valence electrons. The van der Waals surface area contributed by atoms with Gasteiger partial charge in [-0.3, -0.25) is 0 Å². The second-order valence-corrected chi connectivity index (χ2v) is 9.96. The van der Waals surface area contributed by atoms with Gasteiger partial charge in [0.05, 0.1) is 0 Å². The van der Waals surface area contributed by atoms with E-state index in [0.29, 0.717) is 22.9 Å². The average Bonchev–Trinajstić information content (AvgIpc) is 2.67. The lowest BCUT2D eigenvalue weighted by atomic mass is 10.2. The molecule has 0 spiro atoms. The molecule has 0 saturated carbocycles. The average molecular weight is 435 g/mol. The maximum atomic E-state index is 13.4. The Kier molecular flexibility index (Phi) is 5.89. The van der Waals surface area contributed by atoms with Gasteiger partial charge in [-0.1, -0.05) is 0 Å². The molecule has 0 saturated heterocycles. The molecule has 1 heterocycles. The lowest BCUT2D eigenvalue weighted by Crippen LogP contribution is -2.12. The molecule has 1 aromatic heterocycles. The van der Waals surface area contributed by atoms with Gasteiger partial charge in [0.1, 0.15) is 24.2 Å². The van der Waals surface area contributed by atoms with E-state index >= 15 is 0 Å². The van der Waals surface area contributed by atoms with Crippen molar-refractivity contribution in [3.8, 4) is 0 Å². The van der Waals surface area contributed by atoms with Crippen LogP contribution >= 0.6 is 7.14 Å². The molecule has 0 aliphatic heterocycles. The molecule has 0 aliphatic rings. The molecule has 0 amide bonds. The van der Waals surface area contributed by atoms with Crippen molar-refractivity contribution in [2.75, 3.05) is 24.0 Å². The fourth-order valence-corrected chi connectivity index (χ4v) is 3.39. The Morgan fingerprint density at radius 2 is 1.50 bits per heavy atom. The number of anilines is 4. The van der Waals surface area contributed by atoms with Gasteiger partial charge >= 0.3 is 6.18 Å². The van der Waals surface area contributed by atoms with E-state index in [1.807, 2.05) is 0 Å². The van der Waals surface area contributed by atoms with Gasteiger partial charge in [0, 0.05) is 22.9 Å². The van der Waals surface area contributed by atoms with Gasteiger partial charge in [0.15, 0.2) is 0 Å². The van der Waals surface area contributed by atoms with Crippen LogP contribution in [0.15, 0.2) is 59.9 Å². The molecule has 0 bridgehead atoms. The Morgan fingerprint density at radius 3 is 2.03 bits per heavy atom. The van der Waals surface area contributed by atoms with E-state index in [2.05, 4.69) is 25.8 Å². The summed E-state index contributed by atoms with van der Waals surface area (Å²) in [6, 6.07) is 12.2. The van der Waals surface area contributed by atoms with Crippen molar-refractivity contribution in [3.63, 3.8) is 0 Å². The summed E-state index contributed by atoms with van der Waals surface area (Å²) >= 11 is 0. The van der Waals surface area contributed by atoms with Crippen molar-refractivity contribution in [1.82, 2.24) is 9.97 Å². The van der Waals surface area contributed by atoms with Crippen molar-refractivity contribution in [1.29, 1.82) is 0 Å². The van der Waals surface area contributed by atoms with Crippen molar-refractivity contribution in [2.45, 2.75) is 6.18 Å². The highest BCUT2D eigenvalue weighted by Gasteiger charge is 2.35. The number of aromatic nitrogens is 2. The molecule has 2 aromatic carbocycles. The van der Waals surface area contributed by atoms with Gasteiger partial charge in [-0.15, -0.1) is 4.91 Å². The van der Waals surface area contributed by atoms with E-state index in [1.54, 1.807) is 37.6 Å². The zero-order chi connectivity index (χ0) is 21.9. The lowest BCUT2D eigenvalue weighted by molar-refractivity contribution is -0.137. The minimum absolute atomic E-state index is 0.0550. The van der Waals surface area contributed by atoms with Crippen LogP contribution in [-0.4, -0.2) is 23.3 Å². The van der Waals surface area contributed by atoms with Crippen molar-refractivity contribution >= 4 is 41.3 Å². The molecule has 7 nitrogen and oxygen atoms in total. The standard InChI is InChI=1S/C19H17F3N5O2P/c1-30(2,29)15-9-7-13(8-10-15)25-18-23-11-16(19(20,21)22)17(26-18)24-12-3-5-14(27-28)6-4-12/h3-11H,1-2H3,(H2,23,24,25,26). The molecular formula is C19H17F3N5O2P. The van der Waals surface area contributed by atoms with Crippen LogP contribution in [0.1, 0.15) is 5.56 Å². The predicted octanol–water partition coefficient (Wildman–Crippen LogP) is 5.63. The number of rotatable bonds is 6. The number of nitrogens with zero attached hydrogens (tertiary/aromatic N) is 3. The number of hydrogen-bond acceptors (Lipinski definition) is 7. The van der Waals surface area contributed by atoms with Crippen LogP contribution in [0.25, 0.3) is 0 Å². The normalized spacial score (nSPS) is 11.8. The summed E-state index contributed by atoms with van der Waals surface area (Å²) in [5.74, 6) is -0.504. The highest BCUT2D eigenvalue weighted by molar-refractivity contribution is 7.70. The first-order valence-corrected chi connectivity index (χ1v) is 11.2. The van der Waals surface area contributed by atoms with Crippen LogP contribution in [0.3, 0.4) is 0 Å². The smallest absolute Gasteiger partial charge is 0.340 e. The van der Waals surface area contributed by atoms with Crippen molar-refractivity contribution in [2.24, 2.45) is 5.18 Å². The molecule has 0 radical (unpaired) electrons. The summed E-state index contributed by atoms with van der Waals surface area (Å²) in [6.45, 7) is 3.29. The number of nitrogens with one attached hydrogen (secondary N) is 2. The van der Waals surface area contributed by atoms with Crippen LogP contribution < -0.4 is 15.9 Å². The number of halogens is 3. The van der Waals surface area contributed by atoms with Gasteiger partial charge < -0.3 is 15.2 Å². The van der Waals surface area contributed by atoms with E-state index in [-0.39, 0.29) is 11.6 Å². The highest BCUT2D eigenvalue weighted by atomic mass is 31.2. The molecule has 2 N–H and O–H groups in total. The zero-order valence-corrected chi connectivity index (χ0v) is 16.8. The maximum Gasteiger partial charge on any atom is 0.421 e. The van der Waals surface area contributed by atoms with Crippen molar-refractivity contribution < 1.29 is 17.7 Å². The van der Waals surface area contributed by atoms with Gasteiger partial charge in [-0.2, -0.15) is 18.2 Å². The van der Waals surface area contributed by atoms with E-state index in [0.717, 1.165) is 0 Å². The summed E-state index contributed by atoms with van der Waals surface area (Å²) < 4.78 is 52.2. The summed E-state index contributed by atoms with van der Waals surface area (Å²) in [7, 11) is -2.42. The molecule has 3 aromatic rings. The first-order chi connectivity index (χ1) is 14.1. The molecule has 0 aliphatic carbocycles. The topological polar surface area (TPSA) is 96.3 Å². The Bertz CT molecular complexity index is 1100. The van der Waals surface area contributed by atoms with E-state index in [4.69, 9.17) is 0 Å². The first kappa shape index (κ1) is 21.4. The number of hydrogen-bond donors (Lipinski definition) is 2. The van der Waals surface area contributed by atoms with Crippen molar-refractivity contribution in [3.05, 3.63) is 65.2 Å². The van der Waals surface area contributed by atoms with Gasteiger partial charge in [-0.05, 0) is 67.0 Å². The Labute approximate surface area is 170 Å². The Morgan fingerprint density at radius 1 is 0.933 bits per heavy atom. The minimum atomic E-state index is -4.67. The third kappa shape index (κ3) is 5.21. The number of nitroso groups, excluding NO2 is 1. The molecular weight excluding hydrogens is 418 g/mol. The fraction of sp³-hybridized carbons (Fsp3) is 0.158. The fourth-order valence-electron chi connectivity index (χ4n) is 2.52. The summed E-state index contributed by atoms with van der Waals surface area (Å²) in [4.78, 5) is 18.2. The summed E-state index contributed by atoms with van der Waals surface area (Å²) in [5.41, 5.74) is -0.0736. The van der Waals surface area contributed by atoms with Crippen LogP contribution in [0.2, 0.25) is 0 Å². The molecule has 0 fully saturated rings. The second-order valence-electron chi connectivity index (χ2n) is 6.74. The lowest BCUT2D eigenvalue weighted by Gasteiger charge is -2.15. The summed E-state index contributed by atoms with van der Waals surface area (Å²) in [5, 5.41) is 8.85. The molecule has 0 atom stereocenters. The molecule has 30 heavy (non-hydrogen) atoms. The zero-order valence-electron chi connectivity index (χ0n) is 15.9. The SMILES string of the molecule is CP(C)(=O)c1ccc(Nc2ncc(C(F)(F)F)c(Nc3ccc(N=O)cc3)n2)cc1. The van der Waals surface area contributed by atoms with Gasteiger partial charge in [0.2, 0.25) is 5.95 Å².